The van der Waals surface area contributed by atoms with Gasteiger partial charge in [0.05, 0.1) is 5.69 Å². The molecule has 0 saturated carbocycles. The highest BCUT2D eigenvalue weighted by molar-refractivity contribution is 5.11. The topological polar surface area (TPSA) is 17.8 Å². The summed E-state index contributed by atoms with van der Waals surface area (Å²) in [5.41, 5.74) is 1.29. The molecule has 0 amide bonds. The van der Waals surface area contributed by atoms with Crippen molar-refractivity contribution in [3.05, 3.63) is 17.7 Å². The second kappa shape index (κ2) is 26.1. The highest BCUT2D eigenvalue weighted by Crippen LogP contribution is 2.25. The Labute approximate surface area is 246 Å². The van der Waals surface area contributed by atoms with Crippen LogP contribution in [0.4, 0.5) is 0 Å². The summed E-state index contributed by atoms with van der Waals surface area (Å²) in [7, 11) is 0. The summed E-state index contributed by atoms with van der Waals surface area (Å²) in [5.74, 6) is 2.47. The van der Waals surface area contributed by atoms with Crippen LogP contribution in [-0.4, -0.2) is 9.55 Å². The molecule has 2 heteroatoms. The fraction of sp³-hybridized carbons (Fsp3) is 0.919. The van der Waals surface area contributed by atoms with E-state index in [0.29, 0.717) is 11.8 Å². The molecule has 0 fully saturated rings. The first-order valence-corrected chi connectivity index (χ1v) is 18.2. The van der Waals surface area contributed by atoms with Gasteiger partial charge in [-0.25, -0.2) is 4.98 Å². The maximum absolute atomic E-state index is 5.13. The van der Waals surface area contributed by atoms with Crippen molar-refractivity contribution in [1.29, 1.82) is 0 Å². The molecule has 0 radical (unpaired) electrons. The van der Waals surface area contributed by atoms with E-state index in [-0.39, 0.29) is 0 Å². The molecule has 1 atom stereocenters. The van der Waals surface area contributed by atoms with Crippen LogP contribution in [0.3, 0.4) is 0 Å². The Hall–Kier alpha value is -0.790. The number of aromatic nitrogens is 2. The van der Waals surface area contributed by atoms with E-state index in [1.807, 2.05) is 0 Å². The summed E-state index contributed by atoms with van der Waals surface area (Å²) in [4.78, 5) is 5.13. The molecule has 0 aliphatic heterocycles. The molecular weight excluding hydrogens is 472 g/mol. The number of hydrogen-bond donors (Lipinski definition) is 0. The molecule has 39 heavy (non-hydrogen) atoms. The van der Waals surface area contributed by atoms with Gasteiger partial charge in [-0.1, -0.05) is 189 Å². The third-order valence-corrected chi connectivity index (χ3v) is 8.85. The summed E-state index contributed by atoms with van der Waals surface area (Å²) in [6, 6.07) is 0. The van der Waals surface area contributed by atoms with Gasteiger partial charge in [-0.2, -0.15) is 0 Å². The number of unbranched alkanes of at least 4 members (excludes halogenated alkanes) is 23. The Morgan fingerprint density at radius 2 is 0.872 bits per heavy atom. The van der Waals surface area contributed by atoms with Gasteiger partial charge in [0, 0.05) is 18.7 Å². The maximum Gasteiger partial charge on any atom is 0.111 e. The first-order chi connectivity index (χ1) is 19.1. The Balaban J connectivity index is 2.15. The van der Waals surface area contributed by atoms with E-state index in [9.17, 15) is 0 Å². The zero-order valence-corrected chi connectivity index (χ0v) is 27.7. The zero-order chi connectivity index (χ0) is 28.4. The molecule has 0 N–H and O–H groups in total. The highest BCUT2D eigenvalue weighted by atomic mass is 15.1. The molecule has 0 saturated heterocycles. The highest BCUT2D eigenvalue weighted by Gasteiger charge is 2.16. The minimum atomic E-state index is 0.524. The Morgan fingerprint density at radius 1 is 0.513 bits per heavy atom. The van der Waals surface area contributed by atoms with Gasteiger partial charge in [-0.05, 0) is 18.8 Å². The fourth-order valence-corrected chi connectivity index (χ4v) is 6.02. The zero-order valence-electron chi connectivity index (χ0n) is 27.7. The van der Waals surface area contributed by atoms with Gasteiger partial charge in [0.25, 0.3) is 0 Å². The van der Waals surface area contributed by atoms with Crippen LogP contribution in [0.2, 0.25) is 0 Å². The van der Waals surface area contributed by atoms with Crippen LogP contribution in [0, 0.1) is 0 Å². The van der Waals surface area contributed by atoms with E-state index in [4.69, 9.17) is 4.98 Å². The molecule has 1 unspecified atom stereocenters. The van der Waals surface area contributed by atoms with Crippen molar-refractivity contribution in [3.63, 3.8) is 0 Å². The quantitative estimate of drug-likeness (QED) is 0.0917. The van der Waals surface area contributed by atoms with Crippen molar-refractivity contribution in [2.45, 2.75) is 220 Å². The van der Waals surface area contributed by atoms with Gasteiger partial charge in [0.2, 0.25) is 0 Å². The van der Waals surface area contributed by atoms with Gasteiger partial charge in [-0.15, -0.1) is 0 Å². The molecule has 0 aliphatic rings. The minimum Gasteiger partial charge on any atom is -0.334 e. The molecule has 1 aromatic rings. The molecule has 2 nitrogen and oxygen atoms in total. The van der Waals surface area contributed by atoms with Crippen LogP contribution in [0.5, 0.6) is 0 Å². The molecule has 1 rings (SSSR count). The normalized spacial score (nSPS) is 12.6. The van der Waals surface area contributed by atoms with Gasteiger partial charge in [-0.3, -0.25) is 0 Å². The predicted octanol–water partition coefficient (Wildman–Crippen LogP) is 13.3. The lowest BCUT2D eigenvalue weighted by molar-refractivity contribution is 0.495. The minimum absolute atomic E-state index is 0.524. The molecule has 230 valence electrons. The Kier molecular flexibility index (Phi) is 24.3. The molecule has 1 heterocycles. The van der Waals surface area contributed by atoms with Crippen LogP contribution in [0.1, 0.15) is 225 Å². The number of rotatable bonds is 29. The predicted molar refractivity (Wildman–Crippen MR) is 176 cm³/mol. The molecular formula is C37H72N2. The van der Waals surface area contributed by atoms with Crippen molar-refractivity contribution >= 4 is 0 Å². The summed E-state index contributed by atoms with van der Waals surface area (Å²) in [6.45, 7) is 12.8. The van der Waals surface area contributed by atoms with Gasteiger partial charge < -0.3 is 4.57 Å². The number of imidazole rings is 1. The van der Waals surface area contributed by atoms with Crippen LogP contribution < -0.4 is 0 Å². The number of hydrogen-bond acceptors (Lipinski definition) is 1. The molecule has 1 aromatic heterocycles. The first-order valence-electron chi connectivity index (χ1n) is 18.2. The summed E-state index contributed by atoms with van der Waals surface area (Å²) in [5, 5.41) is 0. The average Bonchev–Trinajstić information content (AvgIpc) is 3.36. The third-order valence-electron chi connectivity index (χ3n) is 8.85. The second-order valence-corrected chi connectivity index (χ2v) is 13.2. The third kappa shape index (κ3) is 19.8. The first kappa shape index (κ1) is 36.2. The lowest BCUT2D eigenvalue weighted by Crippen LogP contribution is -2.07. The largest absolute Gasteiger partial charge is 0.334 e. The van der Waals surface area contributed by atoms with Crippen molar-refractivity contribution in [3.8, 4) is 0 Å². The maximum atomic E-state index is 5.13. The lowest BCUT2D eigenvalue weighted by atomic mass is 10.0. The van der Waals surface area contributed by atoms with Gasteiger partial charge in [0.1, 0.15) is 5.82 Å². The van der Waals surface area contributed by atoms with E-state index in [2.05, 4.69) is 45.4 Å². The fourth-order valence-electron chi connectivity index (χ4n) is 6.02. The van der Waals surface area contributed by atoms with Crippen molar-refractivity contribution in [2.75, 3.05) is 0 Å². The smallest absolute Gasteiger partial charge is 0.111 e. The summed E-state index contributed by atoms with van der Waals surface area (Å²) in [6.07, 6.45) is 39.3. The molecule has 0 aromatic carbocycles. The molecule has 0 bridgehead atoms. The standard InChI is InChI=1S/C37H72N2/c1-6-8-10-12-14-16-18-19-20-22-24-26-28-30-32-39-33-36(34(3)4)38-37(39)35(5)31-29-27-25-23-21-17-15-13-11-9-7-2/h33-35H,6-32H2,1-5H3. The van der Waals surface area contributed by atoms with Gasteiger partial charge >= 0.3 is 0 Å². The summed E-state index contributed by atoms with van der Waals surface area (Å²) >= 11 is 0. The van der Waals surface area contributed by atoms with E-state index < -0.39 is 0 Å². The van der Waals surface area contributed by atoms with E-state index >= 15 is 0 Å². The van der Waals surface area contributed by atoms with Crippen molar-refractivity contribution in [1.82, 2.24) is 9.55 Å². The lowest BCUT2D eigenvalue weighted by Gasteiger charge is -2.14. The summed E-state index contributed by atoms with van der Waals surface area (Å²) < 4.78 is 2.53. The molecule has 0 aliphatic carbocycles. The van der Waals surface area contributed by atoms with E-state index in [0.717, 1.165) is 6.54 Å². The van der Waals surface area contributed by atoms with Crippen LogP contribution in [-0.2, 0) is 6.54 Å². The van der Waals surface area contributed by atoms with Crippen molar-refractivity contribution in [2.24, 2.45) is 0 Å². The number of aryl methyl sites for hydroxylation is 1. The average molecular weight is 545 g/mol. The van der Waals surface area contributed by atoms with Crippen LogP contribution >= 0.6 is 0 Å². The van der Waals surface area contributed by atoms with Crippen LogP contribution in [0.15, 0.2) is 6.20 Å². The van der Waals surface area contributed by atoms with Crippen LogP contribution in [0.25, 0.3) is 0 Å². The number of nitrogens with zero attached hydrogens (tertiary/aromatic N) is 2. The Bertz CT molecular complexity index is 631. The SMILES string of the molecule is CCCCCCCCCCCCCCCCn1cc(C(C)C)nc1C(C)CCCCCCCCCCCCC. The van der Waals surface area contributed by atoms with E-state index in [1.165, 1.54) is 178 Å². The monoisotopic (exact) mass is 545 g/mol. The molecule has 0 spiro atoms. The van der Waals surface area contributed by atoms with E-state index in [1.54, 1.807) is 0 Å². The Morgan fingerprint density at radius 3 is 1.26 bits per heavy atom. The van der Waals surface area contributed by atoms with Crippen molar-refractivity contribution < 1.29 is 0 Å². The second-order valence-electron chi connectivity index (χ2n) is 13.2. The van der Waals surface area contributed by atoms with Gasteiger partial charge in [0.15, 0.2) is 0 Å².